The summed E-state index contributed by atoms with van der Waals surface area (Å²) in [6.45, 7) is 2.33. The van der Waals surface area contributed by atoms with Crippen molar-refractivity contribution in [1.82, 2.24) is 4.90 Å². The van der Waals surface area contributed by atoms with Crippen molar-refractivity contribution >= 4 is 0 Å². The minimum absolute atomic E-state index is 0.613. The fourth-order valence-electron chi connectivity index (χ4n) is 3.26. The molecule has 18 heavy (non-hydrogen) atoms. The second-order valence-corrected chi connectivity index (χ2v) is 5.48. The molecule has 0 bridgehead atoms. The maximum absolute atomic E-state index is 2.43. The van der Waals surface area contributed by atoms with Crippen LogP contribution < -0.4 is 0 Å². The van der Waals surface area contributed by atoms with Gasteiger partial charge in [-0.25, -0.2) is 0 Å². The van der Waals surface area contributed by atoms with Gasteiger partial charge in [0.1, 0.15) is 0 Å². The van der Waals surface area contributed by atoms with E-state index in [9.17, 15) is 0 Å². The Labute approximate surface area is 110 Å². The standard InChI is InChI=1S/C17H21N/c1-13-7-5-10-15-11-6-9-14-8-3-4-12-16(14)18(2)17(13)15/h4-6,10-13H,3,7-9H2,1-2H3/b11-6-. The van der Waals surface area contributed by atoms with Crippen molar-refractivity contribution in [2.75, 3.05) is 7.05 Å². The molecular formula is C17H21N. The topological polar surface area (TPSA) is 3.24 Å². The first-order valence-corrected chi connectivity index (χ1v) is 6.97. The van der Waals surface area contributed by atoms with Crippen LogP contribution in [0.5, 0.6) is 0 Å². The first-order valence-electron chi connectivity index (χ1n) is 6.97. The molecular weight excluding hydrogens is 218 g/mol. The highest BCUT2D eigenvalue weighted by molar-refractivity contribution is 5.45. The zero-order chi connectivity index (χ0) is 12.5. The minimum Gasteiger partial charge on any atom is -0.347 e. The van der Waals surface area contributed by atoms with Gasteiger partial charge in [0.25, 0.3) is 0 Å². The second-order valence-electron chi connectivity index (χ2n) is 5.48. The number of nitrogens with zero attached hydrogens (tertiary/aromatic N) is 1. The van der Waals surface area contributed by atoms with E-state index in [0.29, 0.717) is 5.92 Å². The zero-order valence-corrected chi connectivity index (χ0v) is 11.3. The van der Waals surface area contributed by atoms with Crippen LogP contribution in [0.25, 0.3) is 0 Å². The minimum atomic E-state index is 0.613. The maximum atomic E-state index is 2.43. The van der Waals surface area contributed by atoms with E-state index in [0.717, 1.165) is 12.8 Å². The molecule has 1 heterocycles. The summed E-state index contributed by atoms with van der Waals surface area (Å²) in [4.78, 5) is 2.43. The Morgan fingerprint density at radius 1 is 1.11 bits per heavy atom. The number of rotatable bonds is 0. The van der Waals surface area contributed by atoms with Crippen molar-refractivity contribution in [2.45, 2.75) is 32.6 Å². The molecule has 0 saturated heterocycles. The molecule has 1 aliphatic heterocycles. The van der Waals surface area contributed by atoms with Crippen molar-refractivity contribution in [1.29, 1.82) is 0 Å². The summed E-state index contributed by atoms with van der Waals surface area (Å²) in [6.07, 6.45) is 18.5. The van der Waals surface area contributed by atoms with Gasteiger partial charge in [0, 0.05) is 24.4 Å². The van der Waals surface area contributed by atoms with Crippen LogP contribution in [-0.2, 0) is 0 Å². The summed E-state index contributed by atoms with van der Waals surface area (Å²) in [6, 6.07) is 0. The molecule has 0 radical (unpaired) electrons. The summed E-state index contributed by atoms with van der Waals surface area (Å²) in [5, 5.41) is 0. The Kier molecular flexibility index (Phi) is 2.99. The van der Waals surface area contributed by atoms with E-state index in [4.69, 9.17) is 0 Å². The van der Waals surface area contributed by atoms with Crippen LogP contribution in [0.15, 0.2) is 59.0 Å². The third kappa shape index (κ3) is 1.88. The largest absolute Gasteiger partial charge is 0.347 e. The van der Waals surface area contributed by atoms with Crippen LogP contribution in [0.3, 0.4) is 0 Å². The van der Waals surface area contributed by atoms with Crippen LogP contribution in [-0.4, -0.2) is 11.9 Å². The van der Waals surface area contributed by atoms with E-state index in [2.05, 4.69) is 55.3 Å². The molecule has 0 fully saturated rings. The molecule has 94 valence electrons. The number of hydrogen-bond donors (Lipinski definition) is 0. The molecule has 2 aliphatic carbocycles. The molecule has 1 unspecified atom stereocenters. The number of hydrogen-bond acceptors (Lipinski definition) is 1. The highest BCUT2D eigenvalue weighted by atomic mass is 15.1. The lowest BCUT2D eigenvalue weighted by Gasteiger charge is -2.35. The quantitative estimate of drug-likeness (QED) is 0.608. The van der Waals surface area contributed by atoms with Crippen LogP contribution in [0.1, 0.15) is 32.6 Å². The first-order chi connectivity index (χ1) is 8.77. The third-order valence-corrected chi connectivity index (χ3v) is 4.18. The molecule has 1 atom stereocenters. The molecule has 1 heteroatoms. The van der Waals surface area contributed by atoms with Gasteiger partial charge in [-0.05, 0) is 42.9 Å². The summed E-state index contributed by atoms with van der Waals surface area (Å²) < 4.78 is 0. The van der Waals surface area contributed by atoms with E-state index >= 15 is 0 Å². The average Bonchev–Trinajstić information content (AvgIpc) is 2.37. The maximum Gasteiger partial charge on any atom is 0.0397 e. The van der Waals surface area contributed by atoms with Crippen LogP contribution in [0, 0.1) is 5.92 Å². The Morgan fingerprint density at radius 3 is 2.83 bits per heavy atom. The third-order valence-electron chi connectivity index (χ3n) is 4.18. The average molecular weight is 239 g/mol. The van der Waals surface area contributed by atoms with Gasteiger partial charge in [0.05, 0.1) is 0 Å². The van der Waals surface area contributed by atoms with Crippen molar-refractivity contribution in [3.8, 4) is 0 Å². The second kappa shape index (κ2) is 4.64. The molecule has 0 spiro atoms. The van der Waals surface area contributed by atoms with Gasteiger partial charge in [-0.2, -0.15) is 0 Å². The van der Waals surface area contributed by atoms with E-state index in [1.807, 2.05) is 0 Å². The van der Waals surface area contributed by atoms with E-state index < -0.39 is 0 Å². The highest BCUT2D eigenvalue weighted by Crippen LogP contribution is 2.35. The fraction of sp³-hybridized carbons (Fsp3) is 0.412. The van der Waals surface area contributed by atoms with Crippen LogP contribution in [0.2, 0.25) is 0 Å². The summed E-state index contributed by atoms with van der Waals surface area (Å²) in [5.41, 5.74) is 5.89. The first kappa shape index (κ1) is 11.6. The van der Waals surface area contributed by atoms with Gasteiger partial charge in [-0.3, -0.25) is 0 Å². The summed E-state index contributed by atoms with van der Waals surface area (Å²) in [7, 11) is 2.23. The van der Waals surface area contributed by atoms with Crippen molar-refractivity contribution in [3.63, 3.8) is 0 Å². The summed E-state index contributed by atoms with van der Waals surface area (Å²) >= 11 is 0. The molecule has 0 N–H and O–H groups in total. The van der Waals surface area contributed by atoms with Crippen LogP contribution in [0.4, 0.5) is 0 Å². The molecule has 3 rings (SSSR count). The summed E-state index contributed by atoms with van der Waals surface area (Å²) in [5.74, 6) is 0.613. The fourth-order valence-corrected chi connectivity index (χ4v) is 3.26. The predicted molar refractivity (Wildman–Crippen MR) is 76.9 cm³/mol. The van der Waals surface area contributed by atoms with Crippen molar-refractivity contribution in [3.05, 3.63) is 59.0 Å². The van der Waals surface area contributed by atoms with Crippen LogP contribution >= 0.6 is 0 Å². The van der Waals surface area contributed by atoms with E-state index in [1.54, 1.807) is 5.57 Å². The van der Waals surface area contributed by atoms with Gasteiger partial charge in [0.15, 0.2) is 0 Å². The molecule has 3 aliphatic rings. The van der Waals surface area contributed by atoms with Crippen molar-refractivity contribution in [2.24, 2.45) is 5.92 Å². The lowest BCUT2D eigenvalue weighted by atomic mass is 9.88. The lowest BCUT2D eigenvalue weighted by Crippen LogP contribution is -2.26. The number of allylic oxidation sites excluding steroid dienone is 9. The lowest BCUT2D eigenvalue weighted by molar-refractivity contribution is 0.433. The Balaban J connectivity index is 2.10. The van der Waals surface area contributed by atoms with Gasteiger partial charge < -0.3 is 4.90 Å². The van der Waals surface area contributed by atoms with Gasteiger partial charge in [0.2, 0.25) is 0 Å². The van der Waals surface area contributed by atoms with Gasteiger partial charge in [-0.15, -0.1) is 0 Å². The Morgan fingerprint density at radius 2 is 1.94 bits per heavy atom. The monoisotopic (exact) mass is 239 g/mol. The zero-order valence-electron chi connectivity index (χ0n) is 11.3. The Bertz CT molecular complexity index is 500. The van der Waals surface area contributed by atoms with Gasteiger partial charge >= 0.3 is 0 Å². The molecule has 0 aromatic heterocycles. The predicted octanol–water partition coefficient (Wildman–Crippen LogP) is 4.33. The molecule has 0 aromatic carbocycles. The number of likely N-dealkylation sites (N-methyl/N-ethyl adjacent to an activating group) is 1. The smallest absolute Gasteiger partial charge is 0.0397 e. The SMILES string of the molecule is CC1CC=CC2=C1N(C)C1=C(C/C=C\2)CCC=C1. The van der Waals surface area contributed by atoms with E-state index in [1.165, 1.54) is 29.8 Å². The highest BCUT2D eigenvalue weighted by Gasteiger charge is 2.23. The molecule has 0 amide bonds. The van der Waals surface area contributed by atoms with E-state index in [-0.39, 0.29) is 0 Å². The Hall–Kier alpha value is -1.50. The molecule has 0 saturated carbocycles. The van der Waals surface area contributed by atoms with Crippen molar-refractivity contribution < 1.29 is 0 Å². The van der Waals surface area contributed by atoms with Gasteiger partial charge in [-0.1, -0.05) is 37.3 Å². The molecule has 1 nitrogen and oxygen atoms in total. The normalized spacial score (nSPS) is 28.8. The molecule has 0 aromatic rings.